The number of alkyl halides is 2. The average Bonchev–Trinajstić information content (AvgIpc) is 2.62. The van der Waals surface area contributed by atoms with E-state index in [1.165, 1.54) is 19.1 Å². The van der Waals surface area contributed by atoms with Gasteiger partial charge in [-0.05, 0) is 38.5 Å². The quantitative estimate of drug-likeness (QED) is 0.611. The second-order valence-electron chi connectivity index (χ2n) is 6.53. The predicted molar refractivity (Wildman–Crippen MR) is 103 cm³/mol. The number of phenolic OH excluding ortho intramolecular Hbond substituents is 1. The number of rotatable bonds is 4. The van der Waals surface area contributed by atoms with Crippen LogP contribution >= 0.6 is 0 Å². The molecule has 5 N–H and O–H groups in total. The summed E-state index contributed by atoms with van der Waals surface area (Å²) in [5, 5.41) is 10.0. The molecule has 0 aliphatic carbocycles. The number of fused-ring (bicyclic) bond motifs is 1. The van der Waals surface area contributed by atoms with Crippen LogP contribution in [0.25, 0.3) is 16.6 Å². The Kier molecular flexibility index (Phi) is 4.87. The Morgan fingerprint density at radius 3 is 2.48 bits per heavy atom. The van der Waals surface area contributed by atoms with E-state index in [0.29, 0.717) is 11.1 Å². The number of nitrogens with zero attached hydrogens (tertiary/aromatic N) is 2. The van der Waals surface area contributed by atoms with Gasteiger partial charge in [0, 0.05) is 11.1 Å². The van der Waals surface area contributed by atoms with Crippen molar-refractivity contribution in [3.63, 3.8) is 0 Å². The summed E-state index contributed by atoms with van der Waals surface area (Å²) in [6.07, 6.45) is 0. The van der Waals surface area contributed by atoms with Crippen LogP contribution in [0.15, 0.2) is 23.0 Å². The van der Waals surface area contributed by atoms with E-state index >= 15 is 0 Å². The second kappa shape index (κ2) is 7.04. The highest BCUT2D eigenvalue weighted by molar-refractivity contribution is 6.08. The molecule has 10 heteroatoms. The van der Waals surface area contributed by atoms with Gasteiger partial charge in [0.15, 0.2) is 0 Å². The van der Waals surface area contributed by atoms with Crippen LogP contribution < -0.4 is 21.8 Å². The highest BCUT2D eigenvalue weighted by Gasteiger charge is 2.24. The zero-order valence-electron chi connectivity index (χ0n) is 15.8. The summed E-state index contributed by atoms with van der Waals surface area (Å²) in [5.74, 6) is -1.86. The number of anilines is 1. The summed E-state index contributed by atoms with van der Waals surface area (Å²) >= 11 is 0. The van der Waals surface area contributed by atoms with Crippen molar-refractivity contribution in [3.8, 4) is 17.3 Å². The van der Waals surface area contributed by atoms with Crippen molar-refractivity contribution in [2.45, 2.75) is 27.4 Å². The fourth-order valence-electron chi connectivity index (χ4n) is 3.25. The largest absolute Gasteiger partial charge is 0.508 e. The monoisotopic (exact) mass is 404 g/mol. The van der Waals surface area contributed by atoms with Crippen molar-refractivity contribution in [1.82, 2.24) is 9.55 Å². The Labute approximate surface area is 163 Å². The molecule has 152 valence electrons. The average molecular weight is 404 g/mol. The predicted octanol–water partition coefficient (Wildman–Crippen LogP) is 2.30. The van der Waals surface area contributed by atoms with Crippen molar-refractivity contribution in [3.05, 3.63) is 50.8 Å². The van der Waals surface area contributed by atoms with E-state index in [1.807, 2.05) is 0 Å². The van der Waals surface area contributed by atoms with Gasteiger partial charge >= 0.3 is 6.61 Å². The molecule has 0 fully saturated rings. The van der Waals surface area contributed by atoms with Crippen LogP contribution in [0.1, 0.15) is 27.0 Å². The molecule has 8 nitrogen and oxygen atoms in total. The Hall–Kier alpha value is -3.69. The van der Waals surface area contributed by atoms with Crippen LogP contribution in [-0.4, -0.2) is 27.2 Å². The second-order valence-corrected chi connectivity index (χ2v) is 6.53. The minimum absolute atomic E-state index is 0.0609. The molecule has 0 aliphatic heterocycles. The number of nitrogens with two attached hydrogens (primary N) is 2. The van der Waals surface area contributed by atoms with Gasteiger partial charge in [0.2, 0.25) is 5.88 Å². The van der Waals surface area contributed by atoms with Crippen molar-refractivity contribution in [2.75, 3.05) is 5.73 Å². The van der Waals surface area contributed by atoms with Crippen LogP contribution in [0.2, 0.25) is 0 Å². The SMILES string of the molecule is Cc1cc2c(=O)n(-c3c(C)ccc(O)c3C)c(N)c(C(N)=O)c2nc1OC(F)F. The number of nitrogen functional groups attached to an aromatic ring is 1. The number of hydrogen-bond acceptors (Lipinski definition) is 6. The Bertz CT molecular complexity index is 1220. The highest BCUT2D eigenvalue weighted by Crippen LogP contribution is 2.31. The third-order valence-corrected chi connectivity index (χ3v) is 4.61. The number of hydrogen-bond donors (Lipinski definition) is 3. The molecule has 2 aromatic heterocycles. The highest BCUT2D eigenvalue weighted by atomic mass is 19.3. The van der Waals surface area contributed by atoms with Crippen LogP contribution in [-0.2, 0) is 0 Å². The first-order valence-corrected chi connectivity index (χ1v) is 8.44. The van der Waals surface area contributed by atoms with Gasteiger partial charge in [-0.3, -0.25) is 14.2 Å². The maximum absolute atomic E-state index is 13.2. The van der Waals surface area contributed by atoms with Gasteiger partial charge in [0.1, 0.15) is 17.1 Å². The lowest BCUT2D eigenvalue weighted by atomic mass is 10.0. The molecule has 1 aromatic carbocycles. The maximum Gasteiger partial charge on any atom is 0.388 e. The number of aryl methyl sites for hydroxylation is 2. The van der Waals surface area contributed by atoms with E-state index in [4.69, 9.17) is 11.5 Å². The van der Waals surface area contributed by atoms with Gasteiger partial charge in [0.25, 0.3) is 11.5 Å². The first-order chi connectivity index (χ1) is 13.5. The molecule has 1 amide bonds. The number of phenols is 1. The lowest BCUT2D eigenvalue weighted by Gasteiger charge is -2.19. The smallest absolute Gasteiger partial charge is 0.388 e. The summed E-state index contributed by atoms with van der Waals surface area (Å²) in [4.78, 5) is 29.3. The minimum Gasteiger partial charge on any atom is -0.508 e. The number of ether oxygens (including phenoxy) is 1. The van der Waals surface area contributed by atoms with E-state index in [-0.39, 0.29) is 39.3 Å². The van der Waals surface area contributed by atoms with E-state index in [2.05, 4.69) is 9.72 Å². The molecule has 3 aromatic rings. The number of aromatic nitrogens is 2. The topological polar surface area (TPSA) is 133 Å². The number of benzene rings is 1. The van der Waals surface area contributed by atoms with Crippen LogP contribution in [0, 0.1) is 20.8 Å². The van der Waals surface area contributed by atoms with E-state index in [0.717, 1.165) is 4.57 Å². The van der Waals surface area contributed by atoms with Gasteiger partial charge in [-0.15, -0.1) is 0 Å². The number of aromatic hydroxyl groups is 1. The van der Waals surface area contributed by atoms with Crippen molar-refractivity contribution in [1.29, 1.82) is 0 Å². The normalized spacial score (nSPS) is 11.2. The zero-order valence-corrected chi connectivity index (χ0v) is 15.8. The van der Waals surface area contributed by atoms with Crippen LogP contribution in [0.3, 0.4) is 0 Å². The fourth-order valence-corrected chi connectivity index (χ4v) is 3.25. The summed E-state index contributed by atoms with van der Waals surface area (Å²) in [6, 6.07) is 4.32. The van der Waals surface area contributed by atoms with Crippen molar-refractivity contribution in [2.24, 2.45) is 5.73 Å². The number of carbonyl (C=O) groups excluding carboxylic acids is 1. The van der Waals surface area contributed by atoms with Crippen molar-refractivity contribution < 1.29 is 23.4 Å². The molecule has 0 atom stereocenters. The van der Waals surface area contributed by atoms with E-state index in [9.17, 15) is 23.5 Å². The molecule has 0 radical (unpaired) electrons. The molecular weight excluding hydrogens is 386 g/mol. The van der Waals surface area contributed by atoms with Crippen LogP contribution in [0.5, 0.6) is 11.6 Å². The van der Waals surface area contributed by atoms with E-state index in [1.54, 1.807) is 19.9 Å². The van der Waals surface area contributed by atoms with Gasteiger partial charge < -0.3 is 21.3 Å². The first-order valence-electron chi connectivity index (χ1n) is 8.44. The van der Waals surface area contributed by atoms with Crippen molar-refractivity contribution >= 4 is 22.6 Å². The number of pyridine rings is 2. The Balaban J connectivity index is 2.52. The number of carbonyl (C=O) groups is 1. The molecule has 2 heterocycles. The summed E-state index contributed by atoms with van der Waals surface area (Å²) in [7, 11) is 0. The lowest BCUT2D eigenvalue weighted by Crippen LogP contribution is -2.28. The number of halogens is 2. The van der Waals surface area contributed by atoms with Gasteiger partial charge in [-0.25, -0.2) is 4.98 Å². The summed E-state index contributed by atoms with van der Waals surface area (Å²) in [5.41, 5.74) is 11.8. The summed E-state index contributed by atoms with van der Waals surface area (Å²) < 4.78 is 30.7. The van der Waals surface area contributed by atoms with E-state index < -0.39 is 24.0 Å². The molecule has 0 bridgehead atoms. The molecule has 0 unspecified atom stereocenters. The third-order valence-electron chi connectivity index (χ3n) is 4.61. The standard InChI is InChI=1S/C19H18F2N4O4/c1-7-4-5-11(26)9(3)14(7)25-15(22)12(16(23)27)13-10(18(25)28)6-8(2)17(24-13)29-19(20)21/h4-6,19,26H,22H2,1-3H3,(H2,23,27). The molecule has 29 heavy (non-hydrogen) atoms. The summed E-state index contributed by atoms with van der Waals surface area (Å²) in [6.45, 7) is 1.57. The van der Waals surface area contributed by atoms with Gasteiger partial charge in [-0.2, -0.15) is 8.78 Å². The lowest BCUT2D eigenvalue weighted by molar-refractivity contribution is -0.0531. The third kappa shape index (κ3) is 3.22. The Morgan fingerprint density at radius 2 is 1.90 bits per heavy atom. The van der Waals surface area contributed by atoms with Gasteiger partial charge in [0.05, 0.1) is 16.6 Å². The van der Waals surface area contributed by atoms with Gasteiger partial charge in [-0.1, -0.05) is 6.07 Å². The fraction of sp³-hybridized carbons (Fsp3) is 0.211. The molecule has 0 spiro atoms. The zero-order chi connectivity index (χ0) is 21.6. The Morgan fingerprint density at radius 1 is 1.24 bits per heavy atom. The first kappa shape index (κ1) is 20.1. The molecule has 0 saturated heterocycles. The molecule has 0 saturated carbocycles. The minimum atomic E-state index is -3.15. The molecule has 0 aliphatic rings. The molecular formula is C19H18F2N4O4. The van der Waals surface area contributed by atoms with Crippen LogP contribution in [0.4, 0.5) is 14.6 Å². The maximum atomic E-state index is 13.2. The number of amides is 1. The molecule has 3 rings (SSSR count). The number of primary amides is 1.